The number of nitrogens with zero attached hydrogens (tertiary/aromatic N) is 4. The van der Waals surface area contributed by atoms with Crippen LogP contribution in [0, 0.1) is 0 Å². The minimum Gasteiger partial charge on any atom is -0.440 e. The lowest BCUT2D eigenvalue weighted by Gasteiger charge is -2.31. The van der Waals surface area contributed by atoms with Gasteiger partial charge in [-0.2, -0.15) is 5.10 Å². The molecule has 1 aliphatic rings. The Morgan fingerprint density at radius 1 is 1.11 bits per heavy atom. The fourth-order valence-corrected chi connectivity index (χ4v) is 3.81. The van der Waals surface area contributed by atoms with Crippen LogP contribution in [-0.2, 0) is 0 Å². The number of fused-ring (bicyclic) bond motifs is 1. The highest BCUT2D eigenvalue weighted by Crippen LogP contribution is 2.29. The Morgan fingerprint density at radius 3 is 2.89 bits per heavy atom. The second kappa shape index (κ2) is 6.96. The molecule has 6 nitrogen and oxygen atoms in total. The number of rotatable bonds is 3. The molecule has 6 heteroatoms. The monoisotopic (exact) mass is 372 g/mol. The van der Waals surface area contributed by atoms with Crippen LogP contribution in [0.1, 0.15) is 35.0 Å². The maximum Gasteiger partial charge on any atom is 0.253 e. The van der Waals surface area contributed by atoms with E-state index in [9.17, 15) is 4.79 Å². The Labute approximate surface area is 162 Å². The first-order chi connectivity index (χ1) is 13.8. The molecule has 1 fully saturated rings. The zero-order valence-corrected chi connectivity index (χ0v) is 15.4. The average Bonchev–Trinajstić information content (AvgIpc) is 3.43. The molecular weight excluding hydrogens is 352 g/mol. The highest BCUT2D eigenvalue weighted by atomic mass is 16.3. The van der Waals surface area contributed by atoms with E-state index in [1.54, 1.807) is 10.9 Å². The third-order valence-electron chi connectivity index (χ3n) is 5.23. The number of carbonyl (C=O) groups is 1. The van der Waals surface area contributed by atoms with Crippen molar-refractivity contribution in [3.8, 4) is 5.69 Å². The number of oxazole rings is 1. The van der Waals surface area contributed by atoms with Crippen LogP contribution in [0.15, 0.2) is 71.4 Å². The van der Waals surface area contributed by atoms with Crippen molar-refractivity contribution in [3.63, 3.8) is 0 Å². The average molecular weight is 372 g/mol. The number of piperidine rings is 1. The lowest BCUT2D eigenvalue weighted by atomic mass is 9.97. The highest BCUT2D eigenvalue weighted by Gasteiger charge is 2.28. The van der Waals surface area contributed by atoms with E-state index < -0.39 is 0 Å². The lowest BCUT2D eigenvalue weighted by molar-refractivity contribution is 0.0699. The van der Waals surface area contributed by atoms with Crippen molar-refractivity contribution >= 4 is 17.0 Å². The van der Waals surface area contributed by atoms with Crippen LogP contribution >= 0.6 is 0 Å². The van der Waals surface area contributed by atoms with Crippen LogP contribution in [0.2, 0.25) is 0 Å². The van der Waals surface area contributed by atoms with Crippen LogP contribution in [0.4, 0.5) is 0 Å². The predicted octanol–water partition coefficient (Wildman–Crippen LogP) is 4.03. The Balaban J connectivity index is 1.37. The van der Waals surface area contributed by atoms with Crippen molar-refractivity contribution in [2.75, 3.05) is 13.1 Å². The second-order valence-electron chi connectivity index (χ2n) is 7.11. The van der Waals surface area contributed by atoms with Gasteiger partial charge < -0.3 is 9.32 Å². The topological polar surface area (TPSA) is 64.2 Å². The third-order valence-corrected chi connectivity index (χ3v) is 5.23. The first kappa shape index (κ1) is 16.7. The number of para-hydroxylation sites is 2. The molecule has 1 aliphatic heterocycles. The minimum atomic E-state index is 0.0369. The smallest absolute Gasteiger partial charge is 0.253 e. The maximum absolute atomic E-state index is 13.1. The fraction of sp³-hybridized carbons (Fsp3) is 0.227. The summed E-state index contributed by atoms with van der Waals surface area (Å²) in [6.45, 7) is 1.37. The summed E-state index contributed by atoms with van der Waals surface area (Å²) in [5.74, 6) is 0.887. The number of hydrogen-bond donors (Lipinski definition) is 0. The standard InChI is InChI=1S/C22H20N4O2/c27-22(16-6-3-8-18(14-16)26-13-5-11-23-26)25-12-4-7-17(15-25)21-24-19-9-1-2-10-20(19)28-21/h1-3,5-6,8-11,13-14,17H,4,7,12,15H2. The summed E-state index contributed by atoms with van der Waals surface area (Å²) in [7, 11) is 0. The van der Waals surface area contributed by atoms with Gasteiger partial charge in [-0.25, -0.2) is 9.67 Å². The van der Waals surface area contributed by atoms with Gasteiger partial charge in [-0.3, -0.25) is 4.79 Å². The van der Waals surface area contributed by atoms with Crippen LogP contribution < -0.4 is 0 Å². The van der Waals surface area contributed by atoms with Crippen LogP contribution in [0.3, 0.4) is 0 Å². The molecular formula is C22H20N4O2. The van der Waals surface area contributed by atoms with Gasteiger partial charge in [-0.05, 0) is 49.2 Å². The van der Waals surface area contributed by atoms with E-state index in [0.29, 0.717) is 12.1 Å². The summed E-state index contributed by atoms with van der Waals surface area (Å²) in [6.07, 6.45) is 5.51. The summed E-state index contributed by atoms with van der Waals surface area (Å²) in [4.78, 5) is 19.7. The number of hydrogen-bond acceptors (Lipinski definition) is 4. The number of amides is 1. The molecule has 2 aromatic heterocycles. The van der Waals surface area contributed by atoms with Gasteiger partial charge >= 0.3 is 0 Å². The van der Waals surface area contributed by atoms with E-state index in [0.717, 1.165) is 42.1 Å². The summed E-state index contributed by atoms with van der Waals surface area (Å²) in [6, 6.07) is 17.2. The number of carbonyl (C=O) groups excluding carboxylic acids is 1. The number of benzene rings is 2. The molecule has 1 atom stereocenters. The molecule has 0 N–H and O–H groups in total. The van der Waals surface area contributed by atoms with Gasteiger partial charge in [0, 0.05) is 31.0 Å². The molecule has 0 aliphatic carbocycles. The zero-order valence-electron chi connectivity index (χ0n) is 15.4. The molecule has 0 radical (unpaired) electrons. The quantitative estimate of drug-likeness (QED) is 0.545. The fourth-order valence-electron chi connectivity index (χ4n) is 3.81. The molecule has 0 saturated carbocycles. The summed E-state index contributed by atoms with van der Waals surface area (Å²) >= 11 is 0. The Kier molecular flexibility index (Phi) is 4.16. The molecule has 1 unspecified atom stereocenters. The van der Waals surface area contributed by atoms with E-state index in [4.69, 9.17) is 4.42 Å². The molecule has 0 bridgehead atoms. The molecule has 140 valence electrons. The van der Waals surface area contributed by atoms with Crippen molar-refractivity contribution in [3.05, 3.63) is 78.4 Å². The van der Waals surface area contributed by atoms with Gasteiger partial charge in [0.1, 0.15) is 5.52 Å². The van der Waals surface area contributed by atoms with Crippen molar-refractivity contribution in [2.45, 2.75) is 18.8 Å². The Morgan fingerprint density at radius 2 is 2.04 bits per heavy atom. The molecule has 2 aromatic carbocycles. The minimum absolute atomic E-state index is 0.0369. The van der Waals surface area contributed by atoms with Crippen LogP contribution in [0.25, 0.3) is 16.8 Å². The molecule has 1 saturated heterocycles. The lowest BCUT2D eigenvalue weighted by Crippen LogP contribution is -2.39. The normalized spacial score (nSPS) is 17.1. The Hall–Kier alpha value is -3.41. The maximum atomic E-state index is 13.1. The second-order valence-corrected chi connectivity index (χ2v) is 7.11. The molecule has 28 heavy (non-hydrogen) atoms. The molecule has 3 heterocycles. The van der Waals surface area contributed by atoms with Crippen molar-refractivity contribution in [1.29, 1.82) is 0 Å². The summed E-state index contributed by atoms with van der Waals surface area (Å²) in [5, 5.41) is 4.24. The predicted molar refractivity (Wildman–Crippen MR) is 105 cm³/mol. The van der Waals surface area contributed by atoms with Crippen molar-refractivity contribution in [1.82, 2.24) is 19.7 Å². The molecule has 0 spiro atoms. The van der Waals surface area contributed by atoms with Gasteiger partial charge in [0.2, 0.25) is 0 Å². The van der Waals surface area contributed by atoms with Gasteiger partial charge in [-0.1, -0.05) is 18.2 Å². The van der Waals surface area contributed by atoms with E-state index in [1.807, 2.05) is 65.7 Å². The van der Waals surface area contributed by atoms with E-state index >= 15 is 0 Å². The SMILES string of the molecule is O=C(c1cccc(-n2cccn2)c1)N1CCCC(c2nc3ccccc3o2)C1. The largest absolute Gasteiger partial charge is 0.440 e. The highest BCUT2D eigenvalue weighted by molar-refractivity contribution is 5.94. The number of likely N-dealkylation sites (tertiary alicyclic amines) is 1. The molecule has 5 rings (SSSR count). The van der Waals surface area contributed by atoms with Crippen LogP contribution in [-0.4, -0.2) is 38.7 Å². The van der Waals surface area contributed by atoms with Gasteiger partial charge in [0.25, 0.3) is 5.91 Å². The van der Waals surface area contributed by atoms with E-state index in [-0.39, 0.29) is 11.8 Å². The van der Waals surface area contributed by atoms with Crippen LogP contribution in [0.5, 0.6) is 0 Å². The van der Waals surface area contributed by atoms with Crippen molar-refractivity contribution < 1.29 is 9.21 Å². The van der Waals surface area contributed by atoms with Gasteiger partial charge in [0.15, 0.2) is 11.5 Å². The summed E-state index contributed by atoms with van der Waals surface area (Å²) in [5.41, 5.74) is 3.22. The first-order valence-corrected chi connectivity index (χ1v) is 9.53. The number of aromatic nitrogens is 3. The zero-order chi connectivity index (χ0) is 18.9. The van der Waals surface area contributed by atoms with E-state index in [2.05, 4.69) is 10.1 Å². The van der Waals surface area contributed by atoms with Crippen molar-refractivity contribution in [2.24, 2.45) is 0 Å². The van der Waals surface area contributed by atoms with Gasteiger partial charge in [0.05, 0.1) is 11.6 Å². The Bertz CT molecular complexity index is 1080. The molecule has 4 aromatic rings. The van der Waals surface area contributed by atoms with Gasteiger partial charge in [-0.15, -0.1) is 0 Å². The third kappa shape index (κ3) is 3.07. The summed E-state index contributed by atoms with van der Waals surface area (Å²) < 4.78 is 7.71. The first-order valence-electron chi connectivity index (χ1n) is 9.53. The van der Waals surface area contributed by atoms with E-state index in [1.165, 1.54) is 0 Å². The molecule has 1 amide bonds.